The molecule has 0 radical (unpaired) electrons. The number of aliphatic imine (C=N–C) groups is 1. The second kappa shape index (κ2) is 7.38. The van der Waals surface area contributed by atoms with Gasteiger partial charge in [-0.05, 0) is 24.6 Å². The number of H-pyrrole nitrogens is 1. The fourth-order valence-corrected chi connectivity index (χ4v) is 3.98. The van der Waals surface area contributed by atoms with E-state index in [1.165, 1.54) is 23.1 Å². The number of rotatable bonds is 4. The zero-order valence-corrected chi connectivity index (χ0v) is 15.3. The van der Waals surface area contributed by atoms with Crippen molar-refractivity contribution in [3.63, 3.8) is 0 Å². The molecule has 3 rings (SSSR count). The molecule has 0 amide bonds. The molecule has 3 aromatic rings. The van der Waals surface area contributed by atoms with Gasteiger partial charge in [0.2, 0.25) is 0 Å². The molecule has 8 heteroatoms. The molecule has 124 valence electrons. The number of aromatic amines is 1. The lowest BCUT2D eigenvalue weighted by molar-refractivity contribution is 1.05. The van der Waals surface area contributed by atoms with Crippen LogP contribution in [0.25, 0.3) is 21.3 Å². The van der Waals surface area contributed by atoms with Crippen molar-refractivity contribution >= 4 is 50.1 Å². The molecule has 0 unspecified atom stereocenters. The third kappa shape index (κ3) is 3.63. The minimum Gasteiger partial charge on any atom is -0.379 e. The number of amidine groups is 1. The molecule has 2 aromatic heterocycles. The number of thiophene rings is 1. The molecule has 5 nitrogen and oxygen atoms in total. The van der Waals surface area contributed by atoms with Crippen LogP contribution in [-0.2, 0) is 5.75 Å². The highest BCUT2D eigenvalue weighted by molar-refractivity contribution is 8.13. The molecule has 3 N–H and O–H groups in total. The Hall–Kier alpha value is -1.83. The van der Waals surface area contributed by atoms with Crippen LogP contribution < -0.4 is 11.3 Å². The molecule has 0 spiro atoms. The Balaban J connectivity index is 1.95. The highest BCUT2D eigenvalue weighted by atomic mass is 35.5. The largest absolute Gasteiger partial charge is 0.379 e. The molecular weight excluding hydrogens is 364 g/mol. The van der Waals surface area contributed by atoms with Crippen molar-refractivity contribution < 1.29 is 0 Å². The molecule has 0 saturated carbocycles. The summed E-state index contributed by atoms with van der Waals surface area (Å²) >= 11 is 8.74. The lowest BCUT2D eigenvalue weighted by atomic mass is 10.1. The first-order valence-electron chi connectivity index (χ1n) is 7.27. The fraction of sp³-hybridized carbons (Fsp3) is 0.188. The number of halogens is 1. The van der Waals surface area contributed by atoms with Crippen LogP contribution >= 0.6 is 34.7 Å². The normalized spacial score (nSPS) is 12.0. The van der Waals surface area contributed by atoms with Crippen molar-refractivity contribution in [2.75, 3.05) is 6.54 Å². The average molecular weight is 379 g/mol. The van der Waals surface area contributed by atoms with E-state index in [1.54, 1.807) is 0 Å². The van der Waals surface area contributed by atoms with Crippen molar-refractivity contribution in [3.05, 3.63) is 50.8 Å². The maximum atomic E-state index is 12.5. The van der Waals surface area contributed by atoms with Gasteiger partial charge in [-0.25, -0.2) is 4.98 Å². The molecule has 2 heterocycles. The van der Waals surface area contributed by atoms with E-state index >= 15 is 0 Å². The fourth-order valence-electron chi connectivity index (χ4n) is 2.25. The summed E-state index contributed by atoms with van der Waals surface area (Å²) in [5, 5.41) is 3.70. The molecule has 0 fully saturated rings. The Kier molecular flexibility index (Phi) is 5.23. The van der Waals surface area contributed by atoms with E-state index in [2.05, 4.69) is 15.0 Å². The van der Waals surface area contributed by atoms with Gasteiger partial charge in [0.15, 0.2) is 5.17 Å². The van der Waals surface area contributed by atoms with Crippen molar-refractivity contribution in [1.82, 2.24) is 9.97 Å². The van der Waals surface area contributed by atoms with Gasteiger partial charge in [-0.2, -0.15) is 0 Å². The van der Waals surface area contributed by atoms with E-state index in [1.807, 2.05) is 36.6 Å². The first kappa shape index (κ1) is 17.0. The van der Waals surface area contributed by atoms with E-state index in [0.717, 1.165) is 11.1 Å². The predicted octanol–water partition coefficient (Wildman–Crippen LogP) is 3.87. The van der Waals surface area contributed by atoms with Crippen LogP contribution in [0.2, 0.25) is 5.02 Å². The zero-order chi connectivity index (χ0) is 17.1. The maximum Gasteiger partial charge on any atom is 0.260 e. The highest BCUT2D eigenvalue weighted by Gasteiger charge is 2.13. The molecule has 0 atom stereocenters. The summed E-state index contributed by atoms with van der Waals surface area (Å²) in [6.45, 7) is 2.56. The molecule has 0 aliphatic heterocycles. The van der Waals surface area contributed by atoms with Crippen LogP contribution in [0.5, 0.6) is 0 Å². The topological polar surface area (TPSA) is 84.1 Å². The standard InChI is InChI=1S/C16H15ClN4OS2/c1-2-19-16(18)24-8-12-20-14(22)13-11(7-23-15(13)21-12)9-3-5-10(17)6-4-9/h3-7H,2,8H2,1H3,(H2,18,19)(H,20,21,22). The maximum absolute atomic E-state index is 12.5. The molecule has 0 saturated heterocycles. The summed E-state index contributed by atoms with van der Waals surface area (Å²) in [6, 6.07) is 7.41. The first-order chi connectivity index (χ1) is 11.6. The summed E-state index contributed by atoms with van der Waals surface area (Å²) in [6.07, 6.45) is 0. The van der Waals surface area contributed by atoms with Crippen molar-refractivity contribution in [2.45, 2.75) is 12.7 Å². The van der Waals surface area contributed by atoms with Crippen LogP contribution in [0.1, 0.15) is 12.7 Å². The third-order valence-corrected chi connectivity index (χ3v) is 5.29. The number of hydrogen-bond acceptors (Lipinski definition) is 5. The highest BCUT2D eigenvalue weighted by Crippen LogP contribution is 2.31. The molecule has 0 bridgehead atoms. The number of nitrogens with two attached hydrogens (primary N) is 1. The van der Waals surface area contributed by atoms with Gasteiger partial charge < -0.3 is 10.7 Å². The zero-order valence-electron chi connectivity index (χ0n) is 12.9. The monoisotopic (exact) mass is 378 g/mol. The average Bonchev–Trinajstić information content (AvgIpc) is 2.98. The van der Waals surface area contributed by atoms with E-state index in [-0.39, 0.29) is 5.56 Å². The van der Waals surface area contributed by atoms with Crippen LogP contribution in [0, 0.1) is 0 Å². The predicted molar refractivity (Wildman–Crippen MR) is 104 cm³/mol. The quantitative estimate of drug-likeness (QED) is 0.533. The number of fused-ring (bicyclic) bond motifs is 1. The number of aromatic nitrogens is 2. The lowest BCUT2D eigenvalue weighted by Crippen LogP contribution is -2.13. The van der Waals surface area contributed by atoms with E-state index in [4.69, 9.17) is 17.3 Å². The van der Waals surface area contributed by atoms with Crippen molar-refractivity contribution in [1.29, 1.82) is 0 Å². The van der Waals surface area contributed by atoms with Gasteiger partial charge in [0.25, 0.3) is 5.56 Å². The summed E-state index contributed by atoms with van der Waals surface area (Å²) in [7, 11) is 0. The summed E-state index contributed by atoms with van der Waals surface area (Å²) in [5.74, 6) is 1.07. The Morgan fingerprint density at radius 2 is 2.17 bits per heavy atom. The summed E-state index contributed by atoms with van der Waals surface area (Å²) in [4.78, 5) is 24.7. The third-order valence-electron chi connectivity index (χ3n) is 3.32. The summed E-state index contributed by atoms with van der Waals surface area (Å²) < 4.78 is 0. The second-order valence-corrected chi connectivity index (χ2v) is 7.24. The van der Waals surface area contributed by atoms with E-state index in [9.17, 15) is 4.79 Å². The molecule has 0 aliphatic rings. The Bertz CT molecular complexity index is 947. The van der Waals surface area contributed by atoms with E-state index < -0.39 is 0 Å². The molecule has 1 aromatic carbocycles. The van der Waals surface area contributed by atoms with E-state index in [0.29, 0.717) is 38.5 Å². The first-order valence-corrected chi connectivity index (χ1v) is 9.52. The van der Waals surface area contributed by atoms with Crippen LogP contribution in [-0.4, -0.2) is 21.7 Å². The second-order valence-electron chi connectivity index (χ2n) is 4.95. The van der Waals surface area contributed by atoms with Gasteiger partial charge >= 0.3 is 0 Å². The van der Waals surface area contributed by atoms with Gasteiger partial charge in [0.05, 0.1) is 11.1 Å². The number of thioether (sulfide) groups is 1. The summed E-state index contributed by atoms with van der Waals surface area (Å²) in [5.41, 5.74) is 7.43. The molecular formula is C16H15ClN4OS2. The molecule has 24 heavy (non-hydrogen) atoms. The van der Waals surface area contributed by atoms with Gasteiger partial charge in [-0.15, -0.1) is 11.3 Å². The Morgan fingerprint density at radius 3 is 2.88 bits per heavy atom. The minimum atomic E-state index is -0.146. The lowest BCUT2D eigenvalue weighted by Gasteiger charge is -2.02. The Labute approximate surface area is 152 Å². The molecule has 0 aliphatic carbocycles. The van der Waals surface area contributed by atoms with Crippen molar-refractivity contribution in [3.8, 4) is 11.1 Å². The van der Waals surface area contributed by atoms with Gasteiger partial charge in [0.1, 0.15) is 10.7 Å². The number of nitrogens with one attached hydrogen (secondary N) is 1. The van der Waals surface area contributed by atoms with Crippen LogP contribution in [0.3, 0.4) is 0 Å². The minimum absolute atomic E-state index is 0.146. The van der Waals surface area contributed by atoms with Gasteiger partial charge in [-0.1, -0.05) is 35.5 Å². The number of nitrogens with zero attached hydrogens (tertiary/aromatic N) is 2. The van der Waals surface area contributed by atoms with Crippen LogP contribution in [0.15, 0.2) is 39.4 Å². The number of benzene rings is 1. The number of hydrogen-bond donors (Lipinski definition) is 2. The van der Waals surface area contributed by atoms with Gasteiger partial charge in [0, 0.05) is 22.5 Å². The Morgan fingerprint density at radius 1 is 1.42 bits per heavy atom. The van der Waals surface area contributed by atoms with Crippen molar-refractivity contribution in [2.24, 2.45) is 10.7 Å². The van der Waals surface area contributed by atoms with Gasteiger partial charge in [-0.3, -0.25) is 9.79 Å². The smallest absolute Gasteiger partial charge is 0.260 e. The van der Waals surface area contributed by atoms with Crippen LogP contribution in [0.4, 0.5) is 0 Å². The SMILES string of the molecule is CCN=C(N)SCc1nc2scc(-c3ccc(Cl)cc3)c2c(=O)[nH]1.